The topological polar surface area (TPSA) is 72.6 Å². The van der Waals surface area contributed by atoms with Crippen molar-refractivity contribution in [2.75, 3.05) is 12.3 Å². The van der Waals surface area contributed by atoms with Gasteiger partial charge in [-0.1, -0.05) is 12.8 Å². The van der Waals surface area contributed by atoms with Crippen LogP contribution in [0.25, 0.3) is 0 Å². The van der Waals surface area contributed by atoms with Crippen LogP contribution in [0.4, 0.5) is 5.69 Å². The van der Waals surface area contributed by atoms with Crippen LogP contribution < -0.4 is 10.5 Å². The van der Waals surface area contributed by atoms with E-state index in [9.17, 15) is 4.79 Å². The molecule has 0 spiro atoms. The minimum Gasteiger partial charge on any atom is -0.491 e. The van der Waals surface area contributed by atoms with E-state index < -0.39 is 5.97 Å². The van der Waals surface area contributed by atoms with Gasteiger partial charge in [0.25, 0.3) is 0 Å². The number of hydrogen-bond acceptors (Lipinski definition) is 3. The van der Waals surface area contributed by atoms with Crippen molar-refractivity contribution in [3.8, 4) is 5.75 Å². The first-order valence-corrected chi connectivity index (χ1v) is 5.42. The molecule has 0 radical (unpaired) electrons. The Balaban J connectivity index is 1.95. The predicted molar refractivity (Wildman–Crippen MR) is 60.6 cm³/mol. The van der Waals surface area contributed by atoms with Gasteiger partial charge in [0.1, 0.15) is 5.75 Å². The largest absolute Gasteiger partial charge is 0.491 e. The summed E-state index contributed by atoms with van der Waals surface area (Å²) in [6.45, 7) is 0.654. The third kappa shape index (κ3) is 2.66. The molecule has 1 aromatic rings. The number of rotatable bonds is 5. The fourth-order valence-corrected chi connectivity index (χ4v) is 1.56. The quantitative estimate of drug-likeness (QED) is 0.747. The zero-order valence-electron chi connectivity index (χ0n) is 8.98. The van der Waals surface area contributed by atoms with Gasteiger partial charge in [0, 0.05) is 0 Å². The van der Waals surface area contributed by atoms with Crippen LogP contribution in [-0.4, -0.2) is 17.7 Å². The lowest BCUT2D eigenvalue weighted by molar-refractivity contribution is 0.0697. The van der Waals surface area contributed by atoms with E-state index in [1.54, 1.807) is 6.07 Å². The Bertz CT molecular complexity index is 399. The highest BCUT2D eigenvalue weighted by atomic mass is 16.5. The van der Waals surface area contributed by atoms with Gasteiger partial charge in [0.2, 0.25) is 0 Å². The minimum absolute atomic E-state index is 0.187. The molecule has 1 saturated carbocycles. The standard InChI is InChI=1S/C12H15NO3/c13-10-7-9(12(14)15)3-4-11(10)16-6-5-8-1-2-8/h3-4,7-8H,1-2,5-6,13H2,(H,14,15). The number of carboxylic acid groups (broad SMARTS) is 1. The first-order valence-electron chi connectivity index (χ1n) is 5.42. The lowest BCUT2D eigenvalue weighted by Crippen LogP contribution is -2.03. The molecular formula is C12H15NO3. The van der Waals surface area contributed by atoms with Crippen molar-refractivity contribution >= 4 is 11.7 Å². The smallest absolute Gasteiger partial charge is 0.335 e. The maximum atomic E-state index is 10.7. The molecule has 0 aromatic heterocycles. The summed E-state index contributed by atoms with van der Waals surface area (Å²) in [7, 11) is 0. The number of nitrogens with two attached hydrogens (primary N) is 1. The lowest BCUT2D eigenvalue weighted by Gasteiger charge is -2.08. The maximum absolute atomic E-state index is 10.7. The van der Waals surface area contributed by atoms with E-state index in [0.29, 0.717) is 18.0 Å². The van der Waals surface area contributed by atoms with Crippen LogP contribution in [0.1, 0.15) is 29.6 Å². The van der Waals surface area contributed by atoms with Gasteiger partial charge in [0.15, 0.2) is 0 Å². The van der Waals surface area contributed by atoms with E-state index in [-0.39, 0.29) is 5.56 Å². The van der Waals surface area contributed by atoms with Crippen molar-refractivity contribution in [2.24, 2.45) is 5.92 Å². The van der Waals surface area contributed by atoms with Crippen molar-refractivity contribution in [1.29, 1.82) is 0 Å². The summed E-state index contributed by atoms with van der Waals surface area (Å²) in [5.41, 5.74) is 6.28. The Labute approximate surface area is 94.0 Å². The van der Waals surface area contributed by atoms with Crippen molar-refractivity contribution < 1.29 is 14.6 Å². The Morgan fingerprint density at radius 2 is 2.25 bits per heavy atom. The van der Waals surface area contributed by atoms with E-state index in [2.05, 4.69) is 0 Å². The summed E-state index contributed by atoms with van der Waals surface area (Å²) < 4.78 is 5.50. The highest BCUT2D eigenvalue weighted by molar-refractivity contribution is 5.89. The molecular weight excluding hydrogens is 206 g/mol. The van der Waals surface area contributed by atoms with Gasteiger partial charge in [-0.15, -0.1) is 0 Å². The summed E-state index contributed by atoms with van der Waals surface area (Å²) in [6.07, 6.45) is 3.66. The van der Waals surface area contributed by atoms with Crippen molar-refractivity contribution in [3.05, 3.63) is 23.8 Å². The van der Waals surface area contributed by atoms with Crippen LogP contribution in [0.2, 0.25) is 0 Å². The highest BCUT2D eigenvalue weighted by Crippen LogP contribution is 2.32. The molecule has 0 heterocycles. The van der Waals surface area contributed by atoms with Gasteiger partial charge in [-0.3, -0.25) is 0 Å². The molecule has 0 aliphatic heterocycles. The molecule has 3 N–H and O–H groups in total. The van der Waals surface area contributed by atoms with Crippen molar-refractivity contribution in [1.82, 2.24) is 0 Å². The van der Waals surface area contributed by atoms with Gasteiger partial charge in [-0.05, 0) is 30.5 Å². The lowest BCUT2D eigenvalue weighted by atomic mass is 10.2. The highest BCUT2D eigenvalue weighted by Gasteiger charge is 2.20. The molecule has 0 saturated heterocycles. The van der Waals surface area contributed by atoms with Crippen LogP contribution >= 0.6 is 0 Å². The number of hydrogen-bond donors (Lipinski definition) is 2. The Kier molecular flexibility index (Phi) is 2.99. The van der Waals surface area contributed by atoms with Gasteiger partial charge in [0.05, 0.1) is 17.9 Å². The fourth-order valence-electron chi connectivity index (χ4n) is 1.56. The molecule has 1 aliphatic carbocycles. The molecule has 1 aliphatic rings. The van der Waals surface area contributed by atoms with Crippen molar-refractivity contribution in [3.63, 3.8) is 0 Å². The van der Waals surface area contributed by atoms with Gasteiger partial charge >= 0.3 is 5.97 Å². The van der Waals surface area contributed by atoms with Crippen LogP contribution in [-0.2, 0) is 0 Å². The normalized spacial score (nSPS) is 14.8. The molecule has 0 atom stereocenters. The third-order valence-electron chi connectivity index (χ3n) is 2.74. The molecule has 1 fully saturated rings. The number of carbonyl (C=O) groups is 1. The average Bonchev–Trinajstić information content (AvgIpc) is 3.04. The number of aromatic carboxylic acids is 1. The Hall–Kier alpha value is -1.71. The molecule has 0 bridgehead atoms. The van der Waals surface area contributed by atoms with Crippen LogP contribution in [0, 0.1) is 5.92 Å². The molecule has 1 aromatic carbocycles. The molecule has 4 heteroatoms. The first-order chi connectivity index (χ1) is 7.66. The SMILES string of the molecule is Nc1cc(C(=O)O)ccc1OCCC1CC1. The van der Waals surface area contributed by atoms with Gasteiger partial charge < -0.3 is 15.6 Å². The molecule has 16 heavy (non-hydrogen) atoms. The van der Waals surface area contributed by atoms with E-state index >= 15 is 0 Å². The predicted octanol–water partition coefficient (Wildman–Crippen LogP) is 2.15. The second-order valence-corrected chi connectivity index (χ2v) is 4.14. The summed E-state index contributed by atoms with van der Waals surface area (Å²) in [5, 5.41) is 8.76. The molecule has 0 unspecified atom stereocenters. The number of anilines is 1. The first kappa shape index (κ1) is 10.8. The van der Waals surface area contributed by atoms with Gasteiger partial charge in [-0.25, -0.2) is 4.79 Å². The summed E-state index contributed by atoms with van der Waals surface area (Å²) in [4.78, 5) is 10.7. The van der Waals surface area contributed by atoms with Crippen LogP contribution in [0.3, 0.4) is 0 Å². The minimum atomic E-state index is -0.976. The molecule has 0 amide bonds. The van der Waals surface area contributed by atoms with Crippen LogP contribution in [0.15, 0.2) is 18.2 Å². The van der Waals surface area contributed by atoms with E-state index in [0.717, 1.165) is 12.3 Å². The van der Waals surface area contributed by atoms with E-state index in [4.69, 9.17) is 15.6 Å². The van der Waals surface area contributed by atoms with Gasteiger partial charge in [-0.2, -0.15) is 0 Å². The zero-order chi connectivity index (χ0) is 11.5. The van der Waals surface area contributed by atoms with Crippen molar-refractivity contribution in [2.45, 2.75) is 19.3 Å². The molecule has 2 rings (SSSR count). The number of ether oxygens (including phenoxy) is 1. The number of benzene rings is 1. The Morgan fingerprint density at radius 1 is 1.50 bits per heavy atom. The fraction of sp³-hybridized carbons (Fsp3) is 0.417. The molecule has 4 nitrogen and oxygen atoms in total. The average molecular weight is 221 g/mol. The monoisotopic (exact) mass is 221 g/mol. The zero-order valence-corrected chi connectivity index (χ0v) is 8.98. The van der Waals surface area contributed by atoms with Crippen LogP contribution in [0.5, 0.6) is 5.75 Å². The summed E-state index contributed by atoms with van der Waals surface area (Å²) >= 11 is 0. The van der Waals surface area contributed by atoms with E-state index in [1.807, 2.05) is 0 Å². The third-order valence-corrected chi connectivity index (χ3v) is 2.74. The Morgan fingerprint density at radius 3 is 2.81 bits per heavy atom. The van der Waals surface area contributed by atoms with E-state index in [1.165, 1.54) is 25.0 Å². The number of nitrogen functional groups attached to an aromatic ring is 1. The second kappa shape index (κ2) is 4.43. The number of carboxylic acids is 1. The summed E-state index contributed by atoms with van der Waals surface area (Å²) in [5.74, 6) is 0.418. The second-order valence-electron chi connectivity index (χ2n) is 4.14. The summed E-state index contributed by atoms with van der Waals surface area (Å²) in [6, 6.07) is 4.55. The molecule has 86 valence electrons. The maximum Gasteiger partial charge on any atom is 0.335 e.